The molecular weight excluding hydrogens is 777 g/mol. The van der Waals surface area contributed by atoms with Crippen LogP contribution in [0.5, 0.6) is 0 Å². The second kappa shape index (κ2) is 13.9. The lowest BCUT2D eigenvalue weighted by molar-refractivity contribution is 0.660. The van der Waals surface area contributed by atoms with E-state index >= 15 is 0 Å². The van der Waals surface area contributed by atoms with Crippen LogP contribution in [0, 0.1) is 0 Å². The average Bonchev–Trinajstić information content (AvgIpc) is 3.97. The lowest BCUT2D eigenvalue weighted by Gasteiger charge is -2.28. The molecule has 0 atom stereocenters. The van der Waals surface area contributed by atoms with E-state index in [2.05, 4.69) is 242 Å². The van der Waals surface area contributed by atoms with E-state index in [1.807, 2.05) is 0 Å². The van der Waals surface area contributed by atoms with Crippen LogP contribution in [0.3, 0.4) is 0 Å². The summed E-state index contributed by atoms with van der Waals surface area (Å²) in [4.78, 5) is 2.44. The number of benzene rings is 10. The van der Waals surface area contributed by atoms with Gasteiger partial charge in [-0.05, 0) is 111 Å². The van der Waals surface area contributed by atoms with Crippen molar-refractivity contribution in [3.63, 3.8) is 0 Å². The molecule has 0 fully saturated rings. The molecule has 1 aliphatic carbocycles. The molecule has 302 valence electrons. The van der Waals surface area contributed by atoms with Crippen molar-refractivity contribution in [3.8, 4) is 39.1 Å². The third kappa shape index (κ3) is 5.47. The summed E-state index contributed by atoms with van der Waals surface area (Å²) in [6.07, 6.45) is 0. The van der Waals surface area contributed by atoms with Gasteiger partial charge in [0.25, 0.3) is 0 Å². The average molecular weight is 819 g/mol. The standard InChI is InChI=1S/C61H42N2O/c1-61(2)54-24-9-5-20-47(54)48-34-31-42(36-55(48)61)41-17-13-18-44(35-41)62(56-27-14-16-39-15-3-4-19-46(39)56)45-37-52(60-53(38-45)51-23-8-12-28-59(51)64-60)40-29-32-43(33-30-40)63-57-25-10-6-21-49(57)50-22-7-11-26-58(50)63/h3-38H,1-2H3. The van der Waals surface area contributed by atoms with Gasteiger partial charge in [0.05, 0.1) is 16.7 Å². The van der Waals surface area contributed by atoms with Gasteiger partial charge < -0.3 is 13.9 Å². The van der Waals surface area contributed by atoms with E-state index in [0.29, 0.717) is 0 Å². The van der Waals surface area contributed by atoms with Crippen molar-refractivity contribution in [1.29, 1.82) is 0 Å². The number of nitrogens with zero attached hydrogens (tertiary/aromatic N) is 2. The Kier molecular flexibility index (Phi) is 7.95. The summed E-state index contributed by atoms with van der Waals surface area (Å²) in [5, 5.41) is 7.05. The molecule has 1 aliphatic rings. The Morgan fingerprint density at radius 3 is 1.84 bits per heavy atom. The molecule has 3 nitrogen and oxygen atoms in total. The normalized spacial score (nSPS) is 13.0. The summed E-state index contributed by atoms with van der Waals surface area (Å²) < 4.78 is 9.17. The molecule has 0 radical (unpaired) electrons. The third-order valence-electron chi connectivity index (χ3n) is 13.8. The largest absolute Gasteiger partial charge is 0.455 e. The minimum Gasteiger partial charge on any atom is -0.455 e. The van der Waals surface area contributed by atoms with Crippen molar-refractivity contribution in [2.24, 2.45) is 0 Å². The van der Waals surface area contributed by atoms with Crippen molar-refractivity contribution in [1.82, 2.24) is 4.57 Å². The Hall–Kier alpha value is -8.14. The van der Waals surface area contributed by atoms with Gasteiger partial charge in [0.15, 0.2) is 0 Å². The topological polar surface area (TPSA) is 21.3 Å². The summed E-state index contributed by atoms with van der Waals surface area (Å²) >= 11 is 0. The van der Waals surface area contributed by atoms with E-state index in [9.17, 15) is 0 Å². The predicted molar refractivity (Wildman–Crippen MR) is 269 cm³/mol. The van der Waals surface area contributed by atoms with Gasteiger partial charge in [-0.15, -0.1) is 0 Å². The molecule has 0 amide bonds. The smallest absolute Gasteiger partial charge is 0.143 e. The highest BCUT2D eigenvalue weighted by atomic mass is 16.3. The first-order valence-electron chi connectivity index (χ1n) is 22.2. The number of para-hydroxylation sites is 3. The number of fused-ring (bicyclic) bond motifs is 10. The van der Waals surface area contributed by atoms with Crippen LogP contribution in [0.1, 0.15) is 25.0 Å². The number of rotatable bonds is 6. The van der Waals surface area contributed by atoms with Crippen LogP contribution >= 0.6 is 0 Å². The zero-order valence-electron chi connectivity index (χ0n) is 35.6. The fourth-order valence-corrected chi connectivity index (χ4v) is 10.7. The van der Waals surface area contributed by atoms with Crippen molar-refractivity contribution in [2.75, 3.05) is 4.90 Å². The number of furan rings is 1. The zero-order valence-corrected chi connectivity index (χ0v) is 35.6. The molecule has 3 heteroatoms. The molecule has 13 rings (SSSR count). The van der Waals surface area contributed by atoms with Gasteiger partial charge in [-0.25, -0.2) is 0 Å². The van der Waals surface area contributed by atoms with Crippen LogP contribution in [0.25, 0.3) is 93.6 Å². The highest BCUT2D eigenvalue weighted by Crippen LogP contribution is 2.50. The van der Waals surface area contributed by atoms with Crippen molar-refractivity contribution < 1.29 is 4.42 Å². The lowest BCUT2D eigenvalue weighted by atomic mass is 9.81. The summed E-state index contributed by atoms with van der Waals surface area (Å²) in [7, 11) is 0. The Bertz CT molecular complexity index is 3770. The van der Waals surface area contributed by atoms with E-state index in [0.717, 1.165) is 55.8 Å². The van der Waals surface area contributed by atoms with E-state index < -0.39 is 0 Å². The van der Waals surface area contributed by atoms with E-state index in [-0.39, 0.29) is 5.41 Å². The highest BCUT2D eigenvalue weighted by molar-refractivity contribution is 6.13. The van der Waals surface area contributed by atoms with E-state index in [4.69, 9.17) is 4.42 Å². The molecule has 2 heterocycles. The SMILES string of the molecule is CC1(C)c2ccccc2-c2ccc(-c3cccc(N(c4cc(-c5ccc(-n6c7ccccc7c7ccccc76)cc5)c5oc6ccccc6c5c4)c4cccc5ccccc45)c3)cc21. The van der Waals surface area contributed by atoms with Crippen LogP contribution in [0.4, 0.5) is 17.1 Å². The van der Waals surface area contributed by atoms with Crippen LogP contribution in [0.15, 0.2) is 223 Å². The highest BCUT2D eigenvalue weighted by Gasteiger charge is 2.35. The molecule has 0 N–H and O–H groups in total. The fraction of sp³-hybridized carbons (Fsp3) is 0.0492. The first-order chi connectivity index (χ1) is 31.5. The fourth-order valence-electron chi connectivity index (χ4n) is 10.7. The lowest BCUT2D eigenvalue weighted by Crippen LogP contribution is -2.14. The Morgan fingerprint density at radius 1 is 0.406 bits per heavy atom. The number of anilines is 3. The maximum Gasteiger partial charge on any atom is 0.143 e. The van der Waals surface area contributed by atoms with Gasteiger partial charge in [-0.3, -0.25) is 0 Å². The Morgan fingerprint density at radius 2 is 1.03 bits per heavy atom. The predicted octanol–water partition coefficient (Wildman–Crippen LogP) is 16.9. The molecule has 2 aromatic heterocycles. The van der Waals surface area contributed by atoms with Crippen molar-refractivity contribution in [2.45, 2.75) is 19.3 Å². The molecular formula is C61H42N2O. The molecule has 0 spiro atoms. The minimum absolute atomic E-state index is 0.0879. The van der Waals surface area contributed by atoms with Gasteiger partial charge in [0.2, 0.25) is 0 Å². The van der Waals surface area contributed by atoms with Gasteiger partial charge in [0.1, 0.15) is 11.2 Å². The van der Waals surface area contributed by atoms with Gasteiger partial charge >= 0.3 is 0 Å². The van der Waals surface area contributed by atoms with Crippen LogP contribution in [-0.2, 0) is 5.41 Å². The van der Waals surface area contributed by atoms with Gasteiger partial charge in [-0.2, -0.15) is 0 Å². The molecule has 0 saturated heterocycles. The monoisotopic (exact) mass is 818 g/mol. The maximum absolute atomic E-state index is 6.80. The van der Waals surface area contributed by atoms with Crippen LogP contribution < -0.4 is 4.90 Å². The summed E-state index contributed by atoms with van der Waals surface area (Å²) in [6.45, 7) is 4.71. The first-order valence-corrected chi connectivity index (χ1v) is 22.2. The second-order valence-corrected chi connectivity index (χ2v) is 17.7. The molecule has 0 bridgehead atoms. The Balaban J connectivity index is 1.01. The molecule has 0 aliphatic heterocycles. The first kappa shape index (κ1) is 36.5. The molecule has 12 aromatic rings. The second-order valence-electron chi connectivity index (χ2n) is 17.7. The number of hydrogen-bond donors (Lipinski definition) is 0. The summed E-state index contributed by atoms with van der Waals surface area (Å²) in [5.41, 5.74) is 18.3. The van der Waals surface area contributed by atoms with E-state index in [1.54, 1.807) is 0 Å². The van der Waals surface area contributed by atoms with E-state index in [1.165, 1.54) is 66.0 Å². The Labute approximate surface area is 371 Å². The molecule has 64 heavy (non-hydrogen) atoms. The maximum atomic E-state index is 6.80. The van der Waals surface area contributed by atoms with Crippen molar-refractivity contribution in [3.05, 3.63) is 230 Å². The summed E-state index contributed by atoms with van der Waals surface area (Å²) in [6, 6.07) is 79.7. The third-order valence-corrected chi connectivity index (χ3v) is 13.8. The van der Waals surface area contributed by atoms with Crippen LogP contribution in [-0.4, -0.2) is 4.57 Å². The van der Waals surface area contributed by atoms with Crippen LogP contribution in [0.2, 0.25) is 0 Å². The number of hydrogen-bond acceptors (Lipinski definition) is 2. The zero-order chi connectivity index (χ0) is 42.5. The van der Waals surface area contributed by atoms with Gasteiger partial charge in [0, 0.05) is 55.0 Å². The minimum atomic E-state index is -0.0879. The molecule has 0 unspecified atom stereocenters. The quantitative estimate of drug-likeness (QED) is 0.167. The summed E-state index contributed by atoms with van der Waals surface area (Å²) in [5.74, 6) is 0. The van der Waals surface area contributed by atoms with Gasteiger partial charge in [-0.1, -0.05) is 166 Å². The van der Waals surface area contributed by atoms with Crippen molar-refractivity contribution >= 4 is 71.6 Å². The number of aromatic nitrogens is 1. The molecule has 0 saturated carbocycles. The molecule has 10 aromatic carbocycles.